The van der Waals surface area contributed by atoms with E-state index in [0.29, 0.717) is 0 Å². The van der Waals surface area contributed by atoms with Gasteiger partial charge in [-0.1, -0.05) is 6.07 Å². The van der Waals surface area contributed by atoms with Gasteiger partial charge in [0.1, 0.15) is 5.75 Å². The number of hydrogen-bond donors (Lipinski definition) is 1. The molecule has 0 heterocycles. The molecule has 1 rings (SSSR count). The Labute approximate surface area is 96.8 Å². The summed E-state index contributed by atoms with van der Waals surface area (Å²) in [5.74, 6) is -2.62. The fourth-order valence-corrected chi connectivity index (χ4v) is 2.70. The fraction of sp³-hybridized carbons (Fsp3) is 0.300. The smallest absolute Gasteiger partial charge is 0.335 e. The summed E-state index contributed by atoms with van der Waals surface area (Å²) >= 11 is 0. The van der Waals surface area contributed by atoms with Crippen LogP contribution in [-0.4, -0.2) is 31.7 Å². The van der Waals surface area contributed by atoms with Crippen molar-refractivity contribution in [1.29, 1.82) is 0 Å². The molecule has 0 aliphatic heterocycles. The summed E-state index contributed by atoms with van der Waals surface area (Å²) < 4.78 is 47.4. The second-order valence-corrected chi connectivity index (χ2v) is 5.46. The molecular formula is C10H10F2O4S. The Morgan fingerprint density at radius 3 is 2.47 bits per heavy atom. The molecule has 1 aromatic carbocycles. The second kappa shape index (κ2) is 4.79. The average molecular weight is 264 g/mol. The van der Waals surface area contributed by atoms with E-state index in [1.54, 1.807) is 0 Å². The highest BCUT2D eigenvalue weighted by atomic mass is 32.2. The summed E-state index contributed by atoms with van der Waals surface area (Å²) in [4.78, 5) is 10.3. The van der Waals surface area contributed by atoms with Gasteiger partial charge in [0.25, 0.3) is 6.43 Å². The van der Waals surface area contributed by atoms with Crippen LogP contribution in [0.15, 0.2) is 23.1 Å². The van der Waals surface area contributed by atoms with Gasteiger partial charge in [0.2, 0.25) is 0 Å². The van der Waals surface area contributed by atoms with E-state index >= 15 is 0 Å². The zero-order valence-corrected chi connectivity index (χ0v) is 9.67. The van der Waals surface area contributed by atoms with Gasteiger partial charge in [-0.3, -0.25) is 0 Å². The van der Waals surface area contributed by atoms with Crippen LogP contribution in [0.4, 0.5) is 8.78 Å². The number of benzene rings is 1. The first-order valence-corrected chi connectivity index (χ1v) is 6.24. The van der Waals surface area contributed by atoms with Crippen LogP contribution in [0.3, 0.4) is 0 Å². The average Bonchev–Trinajstić information content (AvgIpc) is 2.15. The van der Waals surface area contributed by atoms with E-state index in [9.17, 15) is 22.0 Å². The first-order valence-electron chi connectivity index (χ1n) is 4.59. The van der Waals surface area contributed by atoms with Gasteiger partial charge >= 0.3 is 5.97 Å². The number of carboxylic acid groups (broad SMARTS) is 1. The Hall–Kier alpha value is -1.50. The number of sulfone groups is 1. The molecule has 17 heavy (non-hydrogen) atoms. The van der Waals surface area contributed by atoms with Crippen LogP contribution in [-0.2, 0) is 9.84 Å². The van der Waals surface area contributed by atoms with Gasteiger partial charge in [0, 0.05) is 0 Å². The first kappa shape index (κ1) is 13.6. The molecule has 1 N–H and O–H groups in total. The highest BCUT2D eigenvalue weighted by molar-refractivity contribution is 7.91. The number of carbonyl (C=O) groups is 1. The normalized spacial score (nSPS) is 11.8. The van der Waals surface area contributed by atoms with Crippen LogP contribution in [0.5, 0.6) is 0 Å². The highest BCUT2D eigenvalue weighted by Gasteiger charge is 2.23. The monoisotopic (exact) mass is 264 g/mol. The zero-order chi connectivity index (χ0) is 13.2. The molecular weight excluding hydrogens is 254 g/mol. The molecule has 0 spiro atoms. The van der Waals surface area contributed by atoms with Gasteiger partial charge in [0.15, 0.2) is 9.84 Å². The van der Waals surface area contributed by atoms with Crippen molar-refractivity contribution >= 4 is 15.8 Å². The van der Waals surface area contributed by atoms with Crippen molar-refractivity contribution in [3.8, 4) is 0 Å². The van der Waals surface area contributed by atoms with E-state index in [0.717, 1.165) is 6.07 Å². The molecule has 0 amide bonds. The van der Waals surface area contributed by atoms with E-state index < -0.39 is 28.0 Å². The Morgan fingerprint density at radius 1 is 1.41 bits per heavy atom. The molecule has 4 nitrogen and oxygen atoms in total. The van der Waals surface area contributed by atoms with Crippen molar-refractivity contribution in [3.05, 3.63) is 29.3 Å². The van der Waals surface area contributed by atoms with Gasteiger partial charge < -0.3 is 5.11 Å². The lowest BCUT2D eigenvalue weighted by molar-refractivity contribution is 0.0696. The lowest BCUT2D eigenvalue weighted by atomic mass is 10.1. The predicted molar refractivity (Wildman–Crippen MR) is 56.2 cm³/mol. The van der Waals surface area contributed by atoms with Gasteiger partial charge in [-0.15, -0.1) is 0 Å². The van der Waals surface area contributed by atoms with Gasteiger partial charge in [-0.25, -0.2) is 22.0 Å². The standard InChI is InChI=1S/C10H10F2O4S/c1-6-2-3-7(10(13)14)4-8(6)17(15,16)5-9(11)12/h2-4,9H,5H2,1H3,(H,13,14). The van der Waals surface area contributed by atoms with Crippen LogP contribution in [0.1, 0.15) is 15.9 Å². The largest absolute Gasteiger partial charge is 0.478 e. The number of alkyl halides is 2. The third-order valence-corrected chi connectivity index (χ3v) is 3.92. The molecule has 0 radical (unpaired) electrons. The number of aromatic carboxylic acids is 1. The number of hydrogen-bond acceptors (Lipinski definition) is 3. The van der Waals surface area contributed by atoms with Crippen LogP contribution in [0.2, 0.25) is 0 Å². The quantitative estimate of drug-likeness (QED) is 0.899. The molecule has 0 bridgehead atoms. The van der Waals surface area contributed by atoms with E-state index in [4.69, 9.17) is 5.11 Å². The van der Waals surface area contributed by atoms with Crippen LogP contribution >= 0.6 is 0 Å². The Balaban J connectivity index is 3.30. The van der Waals surface area contributed by atoms with Crippen molar-refractivity contribution in [1.82, 2.24) is 0 Å². The predicted octanol–water partition coefficient (Wildman–Crippen LogP) is 1.73. The molecule has 7 heteroatoms. The lowest BCUT2D eigenvalue weighted by Gasteiger charge is -2.08. The van der Waals surface area contributed by atoms with Gasteiger partial charge in [-0.2, -0.15) is 0 Å². The van der Waals surface area contributed by atoms with Crippen molar-refractivity contribution in [2.75, 3.05) is 5.75 Å². The van der Waals surface area contributed by atoms with E-state index in [1.165, 1.54) is 19.1 Å². The van der Waals surface area contributed by atoms with Crippen LogP contribution in [0, 0.1) is 6.92 Å². The Kier molecular flexibility index (Phi) is 3.82. The van der Waals surface area contributed by atoms with Crippen LogP contribution < -0.4 is 0 Å². The highest BCUT2D eigenvalue weighted by Crippen LogP contribution is 2.20. The molecule has 0 saturated heterocycles. The van der Waals surface area contributed by atoms with E-state index in [-0.39, 0.29) is 16.0 Å². The number of halogens is 2. The van der Waals surface area contributed by atoms with Crippen molar-refractivity contribution < 1.29 is 27.1 Å². The molecule has 0 aliphatic rings. The van der Waals surface area contributed by atoms with E-state index in [2.05, 4.69) is 0 Å². The second-order valence-electron chi connectivity index (χ2n) is 3.46. The molecule has 0 aliphatic carbocycles. The summed E-state index contributed by atoms with van der Waals surface area (Å²) in [5, 5.41) is 8.70. The molecule has 0 saturated carbocycles. The maximum atomic E-state index is 12.1. The van der Waals surface area contributed by atoms with Crippen molar-refractivity contribution in [2.24, 2.45) is 0 Å². The third-order valence-electron chi connectivity index (χ3n) is 2.12. The minimum atomic E-state index is -4.16. The Bertz CT molecular complexity index is 537. The van der Waals surface area contributed by atoms with Crippen LogP contribution in [0.25, 0.3) is 0 Å². The number of carboxylic acids is 1. The molecule has 0 atom stereocenters. The summed E-state index contributed by atoms with van der Waals surface area (Å²) in [6.45, 7) is 1.42. The minimum Gasteiger partial charge on any atom is -0.478 e. The molecule has 1 aromatic rings. The maximum Gasteiger partial charge on any atom is 0.335 e. The van der Waals surface area contributed by atoms with Gasteiger partial charge in [-0.05, 0) is 24.6 Å². The van der Waals surface area contributed by atoms with Crippen molar-refractivity contribution in [3.63, 3.8) is 0 Å². The number of rotatable bonds is 4. The SMILES string of the molecule is Cc1ccc(C(=O)O)cc1S(=O)(=O)CC(F)F. The zero-order valence-electron chi connectivity index (χ0n) is 8.85. The molecule has 0 aromatic heterocycles. The summed E-state index contributed by atoms with van der Waals surface area (Å²) in [7, 11) is -4.16. The third kappa shape index (κ3) is 3.23. The topological polar surface area (TPSA) is 71.4 Å². The van der Waals surface area contributed by atoms with E-state index in [1.807, 2.05) is 0 Å². The lowest BCUT2D eigenvalue weighted by Crippen LogP contribution is -2.15. The molecule has 0 fully saturated rings. The van der Waals surface area contributed by atoms with Crippen molar-refractivity contribution in [2.45, 2.75) is 18.2 Å². The summed E-state index contributed by atoms with van der Waals surface area (Å²) in [5.41, 5.74) is -0.000841. The minimum absolute atomic E-state index is 0.246. The summed E-state index contributed by atoms with van der Waals surface area (Å²) in [6, 6.07) is 3.40. The maximum absolute atomic E-state index is 12.1. The fourth-order valence-electron chi connectivity index (χ4n) is 1.32. The molecule has 94 valence electrons. The Morgan fingerprint density at radius 2 is 2.00 bits per heavy atom. The molecule has 0 unspecified atom stereocenters. The first-order chi connectivity index (χ1) is 7.74. The van der Waals surface area contributed by atoms with Gasteiger partial charge in [0.05, 0.1) is 10.5 Å². The number of aryl methyl sites for hydroxylation is 1. The summed E-state index contributed by atoms with van der Waals surface area (Å²) in [6.07, 6.45) is -2.99.